The van der Waals surface area contributed by atoms with E-state index in [1.807, 2.05) is 0 Å². The highest BCUT2D eigenvalue weighted by molar-refractivity contribution is 6.21. The average Bonchev–Trinajstić information content (AvgIpc) is 2.20. The van der Waals surface area contributed by atoms with Crippen molar-refractivity contribution in [3.8, 4) is 0 Å². The quantitative estimate of drug-likeness (QED) is 0.444. The summed E-state index contributed by atoms with van der Waals surface area (Å²) in [5.74, 6) is -1.58. The number of carboxylic acid groups (broad SMARTS) is 2. The largest absolute Gasteiger partial charge is 0.481 e. The topological polar surface area (TPSA) is 74.6 Å². The Balaban J connectivity index is 3.18. The second-order valence-corrected chi connectivity index (χ2v) is 4.87. The Morgan fingerprint density at radius 3 is 1.94 bits per heavy atom. The van der Waals surface area contributed by atoms with Crippen molar-refractivity contribution in [2.75, 3.05) is 0 Å². The Kier molecular flexibility index (Phi) is 9.92. The summed E-state index contributed by atoms with van der Waals surface area (Å²) >= 11 is 5.83. The molecule has 0 spiro atoms. The van der Waals surface area contributed by atoms with Crippen LogP contribution in [0.3, 0.4) is 0 Å². The number of hydrogen-bond acceptors (Lipinski definition) is 2. The number of hydrogen-bond donors (Lipinski definition) is 2. The summed E-state index contributed by atoms with van der Waals surface area (Å²) in [6.07, 6.45) is 6.80. The Morgan fingerprint density at radius 2 is 1.41 bits per heavy atom. The fraction of sp³-hybridized carbons (Fsp3) is 0.833. The molecule has 0 bridgehead atoms. The lowest BCUT2D eigenvalue weighted by Crippen LogP contribution is -2.06. The van der Waals surface area contributed by atoms with Crippen LogP contribution in [-0.4, -0.2) is 27.5 Å². The van der Waals surface area contributed by atoms with Crippen LogP contribution in [0, 0.1) is 0 Å². The second-order valence-electron chi connectivity index (χ2n) is 4.25. The van der Waals surface area contributed by atoms with Crippen molar-refractivity contribution in [1.82, 2.24) is 0 Å². The molecule has 0 aromatic carbocycles. The van der Waals surface area contributed by atoms with Gasteiger partial charge in [0.1, 0.15) is 0 Å². The fourth-order valence-electron chi connectivity index (χ4n) is 1.64. The monoisotopic (exact) mass is 264 g/mol. The van der Waals surface area contributed by atoms with Crippen molar-refractivity contribution in [2.24, 2.45) is 0 Å². The molecule has 4 nitrogen and oxygen atoms in total. The standard InChI is InChI=1S/C12H21ClO4/c13-10(9-12(16)17)7-5-3-1-2-4-6-8-11(14)15/h10H,1-9H2,(H,14,15)(H,16,17). The van der Waals surface area contributed by atoms with Crippen LogP contribution >= 0.6 is 11.6 Å². The average molecular weight is 265 g/mol. The van der Waals surface area contributed by atoms with Gasteiger partial charge in [0.15, 0.2) is 0 Å². The molecule has 0 rings (SSSR count). The van der Waals surface area contributed by atoms with Gasteiger partial charge in [-0.15, -0.1) is 11.6 Å². The first-order valence-corrected chi connectivity index (χ1v) is 6.53. The number of alkyl halides is 1. The van der Waals surface area contributed by atoms with Crippen LogP contribution < -0.4 is 0 Å². The SMILES string of the molecule is O=C(O)CCCCCCCCC(Cl)CC(=O)O. The first-order valence-electron chi connectivity index (χ1n) is 6.10. The van der Waals surface area contributed by atoms with Crippen molar-refractivity contribution in [3.63, 3.8) is 0 Å². The van der Waals surface area contributed by atoms with Gasteiger partial charge in [-0.25, -0.2) is 0 Å². The molecule has 5 heteroatoms. The van der Waals surface area contributed by atoms with Crippen molar-refractivity contribution in [3.05, 3.63) is 0 Å². The Morgan fingerprint density at radius 1 is 0.882 bits per heavy atom. The van der Waals surface area contributed by atoms with Crippen LogP contribution in [0.15, 0.2) is 0 Å². The molecule has 0 saturated heterocycles. The summed E-state index contributed by atoms with van der Waals surface area (Å²) in [6, 6.07) is 0. The molecule has 0 radical (unpaired) electrons. The molecular formula is C12H21ClO4. The highest BCUT2D eigenvalue weighted by Crippen LogP contribution is 2.14. The zero-order chi connectivity index (χ0) is 13.1. The molecule has 0 saturated carbocycles. The van der Waals surface area contributed by atoms with Crippen LogP contribution in [0.25, 0.3) is 0 Å². The van der Waals surface area contributed by atoms with Crippen molar-refractivity contribution >= 4 is 23.5 Å². The molecule has 100 valence electrons. The van der Waals surface area contributed by atoms with Gasteiger partial charge < -0.3 is 10.2 Å². The van der Waals surface area contributed by atoms with Gasteiger partial charge in [0, 0.05) is 11.8 Å². The molecule has 0 aromatic heterocycles. The van der Waals surface area contributed by atoms with E-state index < -0.39 is 11.9 Å². The summed E-state index contributed by atoms with van der Waals surface area (Å²) < 4.78 is 0. The molecule has 0 fully saturated rings. The molecule has 17 heavy (non-hydrogen) atoms. The molecule has 1 atom stereocenters. The van der Waals surface area contributed by atoms with Crippen LogP contribution in [0.5, 0.6) is 0 Å². The first-order chi connectivity index (χ1) is 8.02. The summed E-state index contributed by atoms with van der Waals surface area (Å²) in [5, 5.41) is 16.7. The maximum Gasteiger partial charge on any atom is 0.304 e. The van der Waals surface area contributed by atoms with Crippen LogP contribution in [0.2, 0.25) is 0 Å². The van der Waals surface area contributed by atoms with Gasteiger partial charge in [-0.1, -0.05) is 32.1 Å². The molecule has 1 unspecified atom stereocenters. The Labute approximate surface area is 107 Å². The van der Waals surface area contributed by atoms with Crippen LogP contribution in [0.1, 0.15) is 57.8 Å². The number of carbonyl (C=O) groups is 2. The van der Waals surface area contributed by atoms with E-state index in [9.17, 15) is 9.59 Å². The van der Waals surface area contributed by atoms with Gasteiger partial charge in [-0.3, -0.25) is 9.59 Å². The number of carboxylic acids is 2. The van der Waals surface area contributed by atoms with Gasteiger partial charge in [0.05, 0.1) is 6.42 Å². The van der Waals surface area contributed by atoms with E-state index in [1.54, 1.807) is 0 Å². The molecule has 0 aliphatic carbocycles. The van der Waals surface area contributed by atoms with Crippen molar-refractivity contribution < 1.29 is 19.8 Å². The highest BCUT2D eigenvalue weighted by atomic mass is 35.5. The van der Waals surface area contributed by atoms with E-state index in [1.165, 1.54) is 0 Å². The van der Waals surface area contributed by atoms with Gasteiger partial charge in [0.25, 0.3) is 0 Å². The van der Waals surface area contributed by atoms with E-state index in [0.29, 0.717) is 0 Å². The van der Waals surface area contributed by atoms with E-state index in [0.717, 1.165) is 44.9 Å². The Bertz CT molecular complexity index is 231. The number of aliphatic carboxylic acids is 2. The third-order valence-corrected chi connectivity index (χ3v) is 2.93. The second kappa shape index (κ2) is 10.4. The molecule has 0 amide bonds. The van der Waals surface area contributed by atoms with Crippen LogP contribution in [0.4, 0.5) is 0 Å². The predicted octanol–water partition coefficient (Wildman–Crippen LogP) is 3.27. The zero-order valence-electron chi connectivity index (χ0n) is 10.0. The van der Waals surface area contributed by atoms with Gasteiger partial charge >= 0.3 is 11.9 Å². The normalized spacial score (nSPS) is 12.3. The highest BCUT2D eigenvalue weighted by Gasteiger charge is 2.08. The number of rotatable bonds is 11. The first kappa shape index (κ1) is 16.2. The molecule has 0 aromatic rings. The third-order valence-electron chi connectivity index (χ3n) is 2.55. The smallest absolute Gasteiger partial charge is 0.304 e. The van der Waals surface area contributed by atoms with Crippen molar-refractivity contribution in [2.45, 2.75) is 63.2 Å². The van der Waals surface area contributed by atoms with Gasteiger partial charge in [0.2, 0.25) is 0 Å². The number of unbranched alkanes of at least 4 members (excludes halogenated alkanes) is 5. The Hall–Kier alpha value is -0.770. The minimum absolute atomic E-state index is 0.0279. The molecule has 0 heterocycles. The summed E-state index contributed by atoms with van der Waals surface area (Å²) in [7, 11) is 0. The van der Waals surface area contributed by atoms with Crippen molar-refractivity contribution in [1.29, 1.82) is 0 Å². The van der Waals surface area contributed by atoms with E-state index >= 15 is 0 Å². The summed E-state index contributed by atoms with van der Waals surface area (Å²) in [6.45, 7) is 0. The maximum atomic E-state index is 10.3. The predicted molar refractivity (Wildman–Crippen MR) is 66.5 cm³/mol. The molecule has 0 aliphatic heterocycles. The lowest BCUT2D eigenvalue weighted by atomic mass is 10.1. The third kappa shape index (κ3) is 13.2. The minimum Gasteiger partial charge on any atom is -0.481 e. The zero-order valence-corrected chi connectivity index (χ0v) is 10.8. The minimum atomic E-state index is -0.848. The summed E-state index contributed by atoms with van der Waals surface area (Å²) in [5.41, 5.74) is 0. The maximum absolute atomic E-state index is 10.3. The lowest BCUT2D eigenvalue weighted by molar-refractivity contribution is -0.138. The van der Waals surface area contributed by atoms with Crippen LogP contribution in [-0.2, 0) is 9.59 Å². The fourth-order valence-corrected chi connectivity index (χ4v) is 1.93. The molecule has 2 N–H and O–H groups in total. The van der Waals surface area contributed by atoms with Gasteiger partial charge in [-0.2, -0.15) is 0 Å². The summed E-state index contributed by atoms with van der Waals surface area (Å²) in [4.78, 5) is 20.6. The van der Waals surface area contributed by atoms with E-state index in [-0.39, 0.29) is 18.2 Å². The van der Waals surface area contributed by atoms with E-state index in [4.69, 9.17) is 21.8 Å². The lowest BCUT2D eigenvalue weighted by Gasteiger charge is -2.05. The van der Waals surface area contributed by atoms with Gasteiger partial charge in [-0.05, 0) is 12.8 Å². The molecule has 0 aliphatic rings. The number of halogens is 1. The van der Waals surface area contributed by atoms with E-state index in [2.05, 4.69) is 0 Å². The molecular weight excluding hydrogens is 244 g/mol.